The van der Waals surface area contributed by atoms with Crippen LogP contribution in [0.4, 0.5) is 0 Å². The first-order valence-electron chi connectivity index (χ1n) is 22.3. The van der Waals surface area contributed by atoms with E-state index in [0.717, 1.165) is 5.69 Å². The molecule has 1 aliphatic rings. The number of benzene rings is 11. The molecule has 1 atom stereocenters. The van der Waals surface area contributed by atoms with Gasteiger partial charge in [-0.05, 0) is 136 Å². The number of nitrogens with zero attached hydrogens (tertiary/aromatic N) is 1. The highest BCUT2D eigenvalue weighted by atomic mass is 15.0. The smallest absolute Gasteiger partial charge is 0.0541 e. The fourth-order valence-electron chi connectivity index (χ4n) is 10.8. The van der Waals surface area contributed by atoms with Crippen molar-refractivity contribution in [3.63, 3.8) is 0 Å². The Morgan fingerprint density at radius 1 is 0.266 bits per heavy atom. The van der Waals surface area contributed by atoms with Crippen molar-refractivity contribution in [2.24, 2.45) is 0 Å². The minimum Gasteiger partial charge on any atom is -0.309 e. The number of hydrogen-bond acceptors (Lipinski definition) is 0. The lowest BCUT2D eigenvalue weighted by molar-refractivity contribution is 1.02. The van der Waals surface area contributed by atoms with Crippen molar-refractivity contribution in [1.29, 1.82) is 0 Å². The zero-order chi connectivity index (χ0) is 42.1. The van der Waals surface area contributed by atoms with Crippen molar-refractivity contribution in [2.45, 2.75) is 5.92 Å². The maximum absolute atomic E-state index is 2.43. The van der Waals surface area contributed by atoms with Crippen LogP contribution in [0.3, 0.4) is 0 Å². The molecule has 1 heteroatoms. The first kappa shape index (κ1) is 36.4. The second-order valence-electron chi connectivity index (χ2n) is 17.2. The predicted octanol–water partition coefficient (Wildman–Crippen LogP) is 16.9. The molecule has 0 saturated carbocycles. The van der Waals surface area contributed by atoms with Crippen molar-refractivity contribution in [3.8, 4) is 61.3 Å². The highest BCUT2D eigenvalue weighted by molar-refractivity contribution is 6.21. The van der Waals surface area contributed by atoms with Crippen molar-refractivity contribution in [1.82, 2.24) is 4.57 Å². The van der Waals surface area contributed by atoms with E-state index >= 15 is 0 Å². The molecule has 0 amide bonds. The molecule has 1 nitrogen and oxygen atoms in total. The number of rotatable bonds is 6. The summed E-state index contributed by atoms with van der Waals surface area (Å²) in [4.78, 5) is 0. The molecule has 0 radical (unpaired) electrons. The van der Waals surface area contributed by atoms with E-state index in [9.17, 15) is 0 Å². The van der Waals surface area contributed by atoms with Crippen LogP contribution in [0.1, 0.15) is 22.6 Å². The maximum atomic E-state index is 2.43. The molecule has 298 valence electrons. The third kappa shape index (κ3) is 5.71. The standard InChI is InChI=1S/C63H41N/c1-3-16-41(17-4-1)61-53-25-9-11-27-55(53)62(56-28-12-10-26-54(56)61)43-30-34-48(35-31-43)64-59-29-14-13-23-51(59)57-39-47(33-37-60(57)64)45-21-15-20-44(38-45)46-32-36-50-49-22-7-8-24-52(49)63(58(50)40-46)42-18-5-2-6-19-42/h1-40,63H. The molecule has 12 aromatic rings. The maximum Gasteiger partial charge on any atom is 0.0541 e. The highest BCUT2D eigenvalue weighted by Crippen LogP contribution is 2.49. The molecule has 11 aromatic carbocycles. The molecule has 0 fully saturated rings. The largest absolute Gasteiger partial charge is 0.309 e. The van der Waals surface area contributed by atoms with Gasteiger partial charge in [-0.25, -0.2) is 0 Å². The van der Waals surface area contributed by atoms with E-state index in [-0.39, 0.29) is 5.92 Å². The van der Waals surface area contributed by atoms with Crippen molar-refractivity contribution < 1.29 is 0 Å². The van der Waals surface area contributed by atoms with Crippen LogP contribution in [0.25, 0.3) is 105 Å². The van der Waals surface area contributed by atoms with E-state index in [1.54, 1.807) is 0 Å². The molecular formula is C63H41N. The van der Waals surface area contributed by atoms with Gasteiger partial charge < -0.3 is 4.57 Å². The Morgan fingerprint density at radius 3 is 1.42 bits per heavy atom. The molecule has 0 aliphatic heterocycles. The van der Waals surface area contributed by atoms with E-state index in [2.05, 4.69) is 247 Å². The van der Waals surface area contributed by atoms with Crippen LogP contribution < -0.4 is 0 Å². The average Bonchev–Trinajstić information content (AvgIpc) is 3.88. The molecule has 13 rings (SSSR count). The molecule has 1 unspecified atom stereocenters. The highest BCUT2D eigenvalue weighted by Gasteiger charge is 2.30. The molecule has 0 saturated heterocycles. The summed E-state index contributed by atoms with van der Waals surface area (Å²) in [5, 5.41) is 7.56. The summed E-state index contributed by atoms with van der Waals surface area (Å²) in [5.41, 5.74) is 20.2. The fraction of sp³-hybridized carbons (Fsp3) is 0.0159. The minimum absolute atomic E-state index is 0.220. The van der Waals surface area contributed by atoms with Gasteiger partial charge >= 0.3 is 0 Å². The zero-order valence-corrected chi connectivity index (χ0v) is 35.1. The van der Waals surface area contributed by atoms with Crippen molar-refractivity contribution in [2.75, 3.05) is 0 Å². The van der Waals surface area contributed by atoms with E-state index in [4.69, 9.17) is 0 Å². The minimum atomic E-state index is 0.220. The summed E-state index contributed by atoms with van der Waals surface area (Å²) in [6, 6.07) is 89.6. The summed E-state index contributed by atoms with van der Waals surface area (Å²) in [6.45, 7) is 0. The monoisotopic (exact) mass is 811 g/mol. The predicted molar refractivity (Wildman–Crippen MR) is 270 cm³/mol. The Morgan fingerprint density at radius 2 is 0.734 bits per heavy atom. The third-order valence-electron chi connectivity index (χ3n) is 13.7. The zero-order valence-electron chi connectivity index (χ0n) is 35.1. The van der Waals surface area contributed by atoms with Gasteiger partial charge in [0, 0.05) is 22.4 Å². The van der Waals surface area contributed by atoms with Gasteiger partial charge in [-0.15, -0.1) is 0 Å². The Hall–Kier alpha value is -8.26. The molecule has 0 N–H and O–H groups in total. The van der Waals surface area contributed by atoms with Gasteiger partial charge in [-0.3, -0.25) is 0 Å². The van der Waals surface area contributed by atoms with Crippen LogP contribution in [0.5, 0.6) is 0 Å². The molecular weight excluding hydrogens is 771 g/mol. The summed E-state index contributed by atoms with van der Waals surface area (Å²) in [7, 11) is 0. The van der Waals surface area contributed by atoms with Gasteiger partial charge in [-0.2, -0.15) is 0 Å². The van der Waals surface area contributed by atoms with Gasteiger partial charge in [0.2, 0.25) is 0 Å². The van der Waals surface area contributed by atoms with Gasteiger partial charge in [0.15, 0.2) is 0 Å². The van der Waals surface area contributed by atoms with Crippen LogP contribution in [0, 0.1) is 0 Å². The van der Waals surface area contributed by atoms with Crippen LogP contribution in [0.15, 0.2) is 243 Å². The molecule has 1 aliphatic carbocycles. The molecule has 1 aromatic heterocycles. The Bertz CT molecular complexity index is 3710. The number of fused-ring (bicyclic) bond motifs is 8. The number of hydrogen-bond donors (Lipinski definition) is 0. The summed E-state index contributed by atoms with van der Waals surface area (Å²) >= 11 is 0. The lowest BCUT2D eigenvalue weighted by atomic mass is 9.86. The van der Waals surface area contributed by atoms with E-state index in [1.807, 2.05) is 0 Å². The third-order valence-corrected chi connectivity index (χ3v) is 13.7. The van der Waals surface area contributed by atoms with Gasteiger partial charge in [0.25, 0.3) is 0 Å². The van der Waals surface area contributed by atoms with Crippen LogP contribution in [-0.4, -0.2) is 4.57 Å². The second kappa shape index (κ2) is 14.7. The van der Waals surface area contributed by atoms with Crippen LogP contribution in [0.2, 0.25) is 0 Å². The summed E-state index contributed by atoms with van der Waals surface area (Å²) in [5.74, 6) is 0.220. The Kier molecular flexibility index (Phi) is 8.35. The van der Waals surface area contributed by atoms with E-state index in [1.165, 1.54) is 116 Å². The summed E-state index contributed by atoms with van der Waals surface area (Å²) in [6.07, 6.45) is 0. The Labute approximate surface area is 372 Å². The second-order valence-corrected chi connectivity index (χ2v) is 17.2. The Balaban J connectivity index is 0.890. The van der Waals surface area contributed by atoms with Gasteiger partial charge in [0.1, 0.15) is 0 Å². The average molecular weight is 812 g/mol. The van der Waals surface area contributed by atoms with E-state index < -0.39 is 0 Å². The van der Waals surface area contributed by atoms with Crippen LogP contribution in [-0.2, 0) is 0 Å². The lowest BCUT2D eigenvalue weighted by Gasteiger charge is -2.18. The first-order valence-corrected chi connectivity index (χ1v) is 22.3. The molecule has 64 heavy (non-hydrogen) atoms. The summed E-state index contributed by atoms with van der Waals surface area (Å²) < 4.78 is 2.43. The number of para-hydroxylation sites is 1. The molecule has 0 bridgehead atoms. The quantitative estimate of drug-likeness (QED) is 0.147. The van der Waals surface area contributed by atoms with Crippen LogP contribution >= 0.6 is 0 Å². The molecule has 0 spiro atoms. The van der Waals surface area contributed by atoms with Crippen molar-refractivity contribution >= 4 is 43.4 Å². The number of aromatic nitrogens is 1. The van der Waals surface area contributed by atoms with Gasteiger partial charge in [0.05, 0.1) is 11.0 Å². The first-order chi connectivity index (χ1) is 31.8. The SMILES string of the molecule is c1ccc(-c2c3ccccc3c(-c3ccc(-n4c5ccccc5c5cc(-c6cccc(-c7ccc8c(c7)C(c7ccccc7)c7ccccc7-8)c6)ccc54)cc3)c3ccccc23)cc1. The fourth-order valence-corrected chi connectivity index (χ4v) is 10.8. The van der Waals surface area contributed by atoms with Gasteiger partial charge in [-0.1, -0.05) is 200 Å². The normalized spacial score (nSPS) is 13.2. The van der Waals surface area contributed by atoms with Crippen molar-refractivity contribution in [3.05, 3.63) is 259 Å². The topological polar surface area (TPSA) is 4.93 Å². The van der Waals surface area contributed by atoms with E-state index in [0.29, 0.717) is 0 Å². The lowest BCUT2D eigenvalue weighted by Crippen LogP contribution is -1.99. The molecule has 1 heterocycles.